The van der Waals surface area contributed by atoms with Crippen LogP contribution in [0, 0.1) is 0 Å². The Kier molecular flexibility index (Phi) is 2.55. The summed E-state index contributed by atoms with van der Waals surface area (Å²) < 4.78 is 23.9. The highest BCUT2D eigenvalue weighted by molar-refractivity contribution is 8.14. The quantitative estimate of drug-likeness (QED) is 0.827. The SMILES string of the molecule is CCn1[nH]c2c(S(=O)(=O)Cl)cccc2c1=O. The third-order valence-corrected chi connectivity index (χ3v) is 3.69. The lowest BCUT2D eigenvalue weighted by molar-refractivity contribution is 0.609. The maximum Gasteiger partial charge on any atom is 0.274 e. The molecule has 0 saturated heterocycles. The molecular formula is C9H9ClN2O3S. The summed E-state index contributed by atoms with van der Waals surface area (Å²) >= 11 is 0. The zero-order valence-electron chi connectivity index (χ0n) is 8.40. The topological polar surface area (TPSA) is 71.9 Å². The molecule has 0 spiro atoms. The van der Waals surface area contributed by atoms with E-state index in [1.807, 2.05) is 0 Å². The minimum absolute atomic E-state index is 0.0732. The van der Waals surface area contributed by atoms with Crippen LogP contribution in [-0.4, -0.2) is 18.2 Å². The molecule has 0 unspecified atom stereocenters. The average molecular weight is 261 g/mol. The maximum atomic E-state index is 11.7. The number of para-hydroxylation sites is 1. The molecule has 0 aliphatic carbocycles. The van der Waals surface area contributed by atoms with Gasteiger partial charge in [-0.1, -0.05) is 6.07 Å². The van der Waals surface area contributed by atoms with E-state index in [-0.39, 0.29) is 16.0 Å². The van der Waals surface area contributed by atoms with E-state index in [1.165, 1.54) is 16.8 Å². The Morgan fingerprint density at radius 2 is 2.12 bits per heavy atom. The smallest absolute Gasteiger partial charge is 0.274 e. The van der Waals surface area contributed by atoms with Gasteiger partial charge in [0.1, 0.15) is 4.90 Å². The van der Waals surface area contributed by atoms with Gasteiger partial charge in [0, 0.05) is 17.2 Å². The molecule has 0 aliphatic heterocycles. The summed E-state index contributed by atoms with van der Waals surface area (Å²) in [5.74, 6) is 0. The predicted molar refractivity (Wildman–Crippen MR) is 61.3 cm³/mol. The molecule has 0 atom stereocenters. The van der Waals surface area contributed by atoms with Crippen molar-refractivity contribution in [1.82, 2.24) is 9.78 Å². The van der Waals surface area contributed by atoms with E-state index in [0.29, 0.717) is 11.9 Å². The van der Waals surface area contributed by atoms with Crippen LogP contribution in [0.15, 0.2) is 27.9 Å². The standard InChI is InChI=1S/C9H9ClN2O3S/c1-2-12-9(13)6-4-3-5-7(8(6)11-12)16(10,14)15/h3-5,11H,2H2,1H3. The van der Waals surface area contributed by atoms with Crippen molar-refractivity contribution >= 4 is 30.6 Å². The van der Waals surface area contributed by atoms with E-state index in [9.17, 15) is 13.2 Å². The molecule has 16 heavy (non-hydrogen) atoms. The van der Waals surface area contributed by atoms with Gasteiger partial charge < -0.3 is 0 Å². The molecule has 0 amide bonds. The highest BCUT2D eigenvalue weighted by atomic mass is 35.7. The number of rotatable bonds is 2. The highest BCUT2D eigenvalue weighted by Crippen LogP contribution is 2.22. The van der Waals surface area contributed by atoms with Crippen LogP contribution in [0.5, 0.6) is 0 Å². The van der Waals surface area contributed by atoms with Crippen LogP contribution in [0.3, 0.4) is 0 Å². The first kappa shape index (κ1) is 11.2. The van der Waals surface area contributed by atoms with Crippen molar-refractivity contribution in [3.05, 3.63) is 28.6 Å². The van der Waals surface area contributed by atoms with Crippen molar-refractivity contribution in [3.63, 3.8) is 0 Å². The molecule has 0 radical (unpaired) electrons. The van der Waals surface area contributed by atoms with Gasteiger partial charge in [0.25, 0.3) is 14.6 Å². The van der Waals surface area contributed by atoms with Gasteiger partial charge in [0.2, 0.25) is 0 Å². The number of benzene rings is 1. The summed E-state index contributed by atoms with van der Waals surface area (Å²) in [5, 5.41) is 3.05. The largest absolute Gasteiger partial charge is 0.294 e. The number of nitrogens with one attached hydrogen (secondary N) is 1. The second-order valence-corrected chi connectivity index (χ2v) is 5.81. The molecule has 0 fully saturated rings. The molecule has 5 nitrogen and oxygen atoms in total. The molecule has 2 aromatic rings. The van der Waals surface area contributed by atoms with Crippen molar-refractivity contribution in [1.29, 1.82) is 0 Å². The van der Waals surface area contributed by atoms with E-state index in [2.05, 4.69) is 5.10 Å². The minimum Gasteiger partial charge on any atom is -0.294 e. The van der Waals surface area contributed by atoms with Crippen LogP contribution in [-0.2, 0) is 15.6 Å². The number of fused-ring (bicyclic) bond motifs is 1. The van der Waals surface area contributed by atoms with Crippen molar-refractivity contribution < 1.29 is 8.42 Å². The molecule has 1 aromatic carbocycles. The van der Waals surface area contributed by atoms with Crippen molar-refractivity contribution in [2.24, 2.45) is 0 Å². The van der Waals surface area contributed by atoms with Crippen LogP contribution in [0.1, 0.15) is 6.92 Å². The number of hydrogen-bond acceptors (Lipinski definition) is 3. The van der Waals surface area contributed by atoms with Crippen molar-refractivity contribution in [3.8, 4) is 0 Å². The van der Waals surface area contributed by atoms with Gasteiger partial charge in [-0.25, -0.2) is 8.42 Å². The summed E-state index contributed by atoms with van der Waals surface area (Å²) in [4.78, 5) is 11.7. The summed E-state index contributed by atoms with van der Waals surface area (Å²) in [6, 6.07) is 4.42. The lowest BCUT2D eigenvalue weighted by atomic mass is 10.2. The fourth-order valence-corrected chi connectivity index (χ4v) is 2.61. The zero-order valence-corrected chi connectivity index (χ0v) is 9.97. The van der Waals surface area contributed by atoms with Crippen molar-refractivity contribution in [2.75, 3.05) is 0 Å². The fourth-order valence-electron chi connectivity index (χ4n) is 1.58. The number of aromatic amines is 1. The molecule has 86 valence electrons. The molecule has 2 rings (SSSR count). The van der Waals surface area contributed by atoms with E-state index >= 15 is 0 Å². The second-order valence-electron chi connectivity index (χ2n) is 3.28. The van der Waals surface area contributed by atoms with E-state index in [4.69, 9.17) is 10.7 Å². The van der Waals surface area contributed by atoms with Gasteiger partial charge in [-0.05, 0) is 19.1 Å². The molecule has 1 N–H and O–H groups in total. The predicted octanol–water partition coefficient (Wildman–Crippen LogP) is 1.28. The molecular weight excluding hydrogens is 252 g/mol. The number of hydrogen-bond donors (Lipinski definition) is 1. The van der Waals surface area contributed by atoms with Crippen LogP contribution in [0.25, 0.3) is 10.9 Å². The molecule has 0 aliphatic rings. The first-order chi connectivity index (χ1) is 7.45. The van der Waals surface area contributed by atoms with E-state index in [0.717, 1.165) is 0 Å². The summed E-state index contributed by atoms with van der Waals surface area (Å²) in [6.45, 7) is 2.22. The Labute approximate surface area is 96.0 Å². The van der Waals surface area contributed by atoms with Gasteiger partial charge in [0.05, 0.1) is 10.9 Å². The van der Waals surface area contributed by atoms with E-state index in [1.54, 1.807) is 13.0 Å². The van der Waals surface area contributed by atoms with E-state index < -0.39 is 9.05 Å². The maximum absolute atomic E-state index is 11.7. The third kappa shape index (κ3) is 1.64. The monoisotopic (exact) mass is 260 g/mol. The molecule has 1 heterocycles. The first-order valence-corrected chi connectivity index (χ1v) is 6.92. The molecule has 1 aromatic heterocycles. The van der Waals surface area contributed by atoms with Gasteiger partial charge in [-0.3, -0.25) is 14.6 Å². The molecule has 7 heteroatoms. The minimum atomic E-state index is -3.85. The highest BCUT2D eigenvalue weighted by Gasteiger charge is 2.17. The Balaban J connectivity index is 2.95. The summed E-state index contributed by atoms with van der Waals surface area (Å²) in [6.07, 6.45) is 0. The molecule has 0 saturated carbocycles. The third-order valence-electron chi connectivity index (χ3n) is 2.33. The Morgan fingerprint density at radius 3 is 2.69 bits per heavy atom. The van der Waals surface area contributed by atoms with Crippen LogP contribution < -0.4 is 5.56 Å². The molecule has 0 bridgehead atoms. The second kappa shape index (κ2) is 3.64. The van der Waals surface area contributed by atoms with Gasteiger partial charge in [0.15, 0.2) is 0 Å². The number of aromatic nitrogens is 2. The van der Waals surface area contributed by atoms with Gasteiger partial charge in [-0.15, -0.1) is 0 Å². The normalized spacial score (nSPS) is 12.1. The van der Waals surface area contributed by atoms with Crippen LogP contribution in [0.4, 0.5) is 0 Å². The van der Waals surface area contributed by atoms with Crippen LogP contribution >= 0.6 is 10.7 Å². The average Bonchev–Trinajstić information content (AvgIpc) is 2.54. The lowest BCUT2D eigenvalue weighted by Gasteiger charge is -1.97. The number of halogens is 1. The fraction of sp³-hybridized carbons (Fsp3) is 0.222. The number of aryl methyl sites for hydroxylation is 1. The van der Waals surface area contributed by atoms with Crippen LogP contribution in [0.2, 0.25) is 0 Å². The lowest BCUT2D eigenvalue weighted by Crippen LogP contribution is -2.14. The number of nitrogens with zero attached hydrogens (tertiary/aromatic N) is 1. The van der Waals surface area contributed by atoms with Gasteiger partial charge >= 0.3 is 0 Å². The summed E-state index contributed by atoms with van der Waals surface area (Å²) in [7, 11) is 1.43. The Hall–Kier alpha value is -1.27. The zero-order chi connectivity index (χ0) is 11.9. The Morgan fingerprint density at radius 1 is 1.44 bits per heavy atom. The summed E-state index contributed by atoms with van der Waals surface area (Å²) in [5.41, 5.74) is 0.00372. The number of H-pyrrole nitrogens is 1. The van der Waals surface area contributed by atoms with Gasteiger partial charge in [-0.2, -0.15) is 0 Å². The van der Waals surface area contributed by atoms with Crippen molar-refractivity contribution in [2.45, 2.75) is 18.4 Å². The Bertz CT molecular complexity index is 699. The first-order valence-electron chi connectivity index (χ1n) is 4.61.